The van der Waals surface area contributed by atoms with Crippen LogP contribution in [0.25, 0.3) is 11.1 Å². The van der Waals surface area contributed by atoms with Gasteiger partial charge in [-0.2, -0.15) is 0 Å². The van der Waals surface area contributed by atoms with Gasteiger partial charge in [0, 0.05) is 76.5 Å². The number of sulfonamides is 1. The number of amides is 2. The topological polar surface area (TPSA) is 94.1 Å². The van der Waals surface area contributed by atoms with Crippen LogP contribution >= 0.6 is 11.3 Å². The smallest absolute Gasteiger partial charge is 0.282 e. The molecule has 2 amide bonds. The second kappa shape index (κ2) is 10.3. The third kappa shape index (κ3) is 5.17. The summed E-state index contributed by atoms with van der Waals surface area (Å²) in [6.07, 6.45) is 1.65. The molecule has 3 aromatic rings. The fourth-order valence-corrected chi connectivity index (χ4v) is 6.13. The maximum absolute atomic E-state index is 13.0. The predicted molar refractivity (Wildman–Crippen MR) is 142 cm³/mol. The molecular formula is C26H29N5O4S2. The van der Waals surface area contributed by atoms with Crippen molar-refractivity contribution in [2.75, 3.05) is 53.4 Å². The highest BCUT2D eigenvalue weighted by atomic mass is 32.2. The zero-order chi connectivity index (χ0) is 26.2. The van der Waals surface area contributed by atoms with Gasteiger partial charge >= 0.3 is 0 Å². The molecule has 3 heterocycles. The molecule has 1 aromatic heterocycles. The Hall–Kier alpha value is -3.12. The van der Waals surface area contributed by atoms with E-state index in [9.17, 15) is 18.0 Å². The molecule has 2 aliphatic rings. The third-order valence-corrected chi connectivity index (χ3v) is 9.57. The van der Waals surface area contributed by atoms with Crippen molar-refractivity contribution in [3.8, 4) is 11.1 Å². The summed E-state index contributed by atoms with van der Waals surface area (Å²) < 4.78 is 25.7. The fraction of sp³-hybridized carbons (Fsp3) is 0.346. The molecule has 0 unspecified atom stereocenters. The lowest BCUT2D eigenvalue weighted by molar-refractivity contribution is 0.00853. The molecule has 0 saturated carbocycles. The van der Waals surface area contributed by atoms with E-state index in [-0.39, 0.29) is 16.7 Å². The van der Waals surface area contributed by atoms with Gasteiger partial charge in [-0.1, -0.05) is 24.3 Å². The second-order valence-corrected chi connectivity index (χ2v) is 12.5. The number of thiazole rings is 1. The number of hydrogen-bond donors (Lipinski definition) is 0. The molecule has 37 heavy (non-hydrogen) atoms. The quantitative estimate of drug-likeness (QED) is 0.477. The predicted octanol–water partition coefficient (Wildman–Crippen LogP) is 2.34. The number of carbonyl (C=O) groups is 2. The summed E-state index contributed by atoms with van der Waals surface area (Å²) in [5, 5.41) is 2.35. The first-order chi connectivity index (χ1) is 17.7. The van der Waals surface area contributed by atoms with Crippen molar-refractivity contribution in [2.24, 2.45) is 0 Å². The van der Waals surface area contributed by atoms with Crippen LogP contribution in [0.2, 0.25) is 0 Å². The minimum atomic E-state index is -3.47. The highest BCUT2D eigenvalue weighted by Crippen LogP contribution is 2.25. The molecule has 2 fully saturated rings. The summed E-state index contributed by atoms with van der Waals surface area (Å²) in [5.41, 5.74) is 2.43. The molecular weight excluding hydrogens is 510 g/mol. The van der Waals surface area contributed by atoms with Gasteiger partial charge in [0.1, 0.15) is 0 Å². The number of carbonyl (C=O) groups excluding carboxylic acids is 2. The van der Waals surface area contributed by atoms with E-state index < -0.39 is 10.0 Å². The lowest BCUT2D eigenvalue weighted by Crippen LogP contribution is -2.64. The van der Waals surface area contributed by atoms with Crippen LogP contribution in [0.15, 0.2) is 65.0 Å². The Morgan fingerprint density at radius 2 is 1.46 bits per heavy atom. The number of benzene rings is 2. The van der Waals surface area contributed by atoms with Crippen molar-refractivity contribution < 1.29 is 18.0 Å². The van der Waals surface area contributed by atoms with Crippen molar-refractivity contribution in [3.63, 3.8) is 0 Å². The molecule has 2 aromatic carbocycles. The first-order valence-corrected chi connectivity index (χ1v) is 14.4. The summed E-state index contributed by atoms with van der Waals surface area (Å²) in [5.74, 6) is 0.00542. The molecule has 0 bridgehead atoms. The second-order valence-electron chi connectivity index (χ2n) is 9.42. The zero-order valence-corrected chi connectivity index (χ0v) is 22.4. The van der Waals surface area contributed by atoms with E-state index in [0.29, 0.717) is 42.8 Å². The van der Waals surface area contributed by atoms with E-state index >= 15 is 0 Å². The zero-order valence-electron chi connectivity index (χ0n) is 20.8. The lowest BCUT2D eigenvalue weighted by atomic mass is 10.0. The molecule has 0 atom stereocenters. The normalized spacial score (nSPS) is 17.2. The van der Waals surface area contributed by atoms with Gasteiger partial charge in [-0.05, 0) is 35.4 Å². The van der Waals surface area contributed by atoms with E-state index in [1.165, 1.54) is 29.7 Å². The molecule has 0 spiro atoms. The van der Waals surface area contributed by atoms with Crippen LogP contribution in [0, 0.1) is 0 Å². The van der Waals surface area contributed by atoms with Gasteiger partial charge in [0.25, 0.3) is 11.8 Å². The molecule has 5 rings (SSSR count). The Kier molecular flexibility index (Phi) is 7.13. The summed E-state index contributed by atoms with van der Waals surface area (Å²) >= 11 is 1.37. The molecule has 2 saturated heterocycles. The van der Waals surface area contributed by atoms with Gasteiger partial charge in [-0.3, -0.25) is 14.5 Å². The monoisotopic (exact) mass is 539 g/mol. The van der Waals surface area contributed by atoms with Gasteiger partial charge in [0.2, 0.25) is 10.0 Å². The average Bonchev–Trinajstić information content (AvgIpc) is 3.43. The van der Waals surface area contributed by atoms with Crippen molar-refractivity contribution in [1.29, 1.82) is 0 Å². The first kappa shape index (κ1) is 25.5. The molecule has 0 aliphatic carbocycles. The van der Waals surface area contributed by atoms with Crippen molar-refractivity contribution >= 4 is 33.2 Å². The Labute approximate surface area is 221 Å². The minimum absolute atomic E-state index is 0.00181. The van der Waals surface area contributed by atoms with Gasteiger partial charge < -0.3 is 9.80 Å². The standard InChI is InChI=1S/C26H29N5O4S2/c1-28(2)37(34,35)23-9-7-20(8-10-23)19-3-5-21(6-4-19)25(32)31-17-22(18-31)29-12-14-30(15-13-29)26(33)24-27-11-16-36-24/h3-11,16,22H,12-15,17-18H2,1-2H3. The molecule has 0 radical (unpaired) electrons. The first-order valence-electron chi connectivity index (χ1n) is 12.1. The number of likely N-dealkylation sites (tertiary alicyclic amines) is 1. The number of rotatable bonds is 6. The third-order valence-electron chi connectivity index (χ3n) is 6.98. The molecule has 11 heteroatoms. The Morgan fingerprint density at radius 1 is 0.865 bits per heavy atom. The van der Waals surface area contributed by atoms with Crippen LogP contribution in [-0.4, -0.2) is 104 Å². The maximum Gasteiger partial charge on any atom is 0.282 e. The molecule has 194 valence electrons. The highest BCUT2D eigenvalue weighted by molar-refractivity contribution is 7.89. The van der Waals surface area contributed by atoms with Crippen LogP contribution in [0.4, 0.5) is 0 Å². The van der Waals surface area contributed by atoms with Crippen LogP contribution in [-0.2, 0) is 10.0 Å². The minimum Gasteiger partial charge on any atom is -0.335 e. The van der Waals surface area contributed by atoms with Crippen LogP contribution in [0.5, 0.6) is 0 Å². The van der Waals surface area contributed by atoms with Crippen LogP contribution in [0.3, 0.4) is 0 Å². The van der Waals surface area contributed by atoms with Gasteiger partial charge in [-0.25, -0.2) is 17.7 Å². The SMILES string of the molecule is CN(C)S(=O)(=O)c1ccc(-c2ccc(C(=O)N3CC(N4CCN(C(=O)c5nccs5)CC4)C3)cc2)cc1. The Bertz CT molecular complexity index is 1360. The number of nitrogens with zero attached hydrogens (tertiary/aromatic N) is 5. The number of hydrogen-bond acceptors (Lipinski definition) is 7. The van der Waals surface area contributed by atoms with E-state index in [1.807, 2.05) is 39.4 Å². The molecule has 0 N–H and O–H groups in total. The summed E-state index contributed by atoms with van der Waals surface area (Å²) in [6.45, 7) is 4.31. The Balaban J connectivity index is 1.13. The largest absolute Gasteiger partial charge is 0.335 e. The van der Waals surface area contributed by atoms with Crippen LogP contribution < -0.4 is 0 Å². The molecule has 2 aliphatic heterocycles. The molecule has 9 nitrogen and oxygen atoms in total. The fourth-order valence-electron chi connectivity index (χ4n) is 4.62. The van der Waals surface area contributed by atoms with Crippen molar-refractivity contribution in [3.05, 3.63) is 70.7 Å². The summed E-state index contributed by atoms with van der Waals surface area (Å²) in [4.78, 5) is 35.9. The van der Waals surface area contributed by atoms with E-state index in [4.69, 9.17) is 0 Å². The van der Waals surface area contributed by atoms with Gasteiger partial charge in [0.15, 0.2) is 5.01 Å². The van der Waals surface area contributed by atoms with Crippen molar-refractivity contribution in [2.45, 2.75) is 10.9 Å². The maximum atomic E-state index is 13.0. The highest BCUT2D eigenvalue weighted by Gasteiger charge is 2.37. The van der Waals surface area contributed by atoms with E-state index in [0.717, 1.165) is 24.2 Å². The van der Waals surface area contributed by atoms with Gasteiger partial charge in [-0.15, -0.1) is 11.3 Å². The van der Waals surface area contributed by atoms with Crippen LogP contribution in [0.1, 0.15) is 20.2 Å². The lowest BCUT2D eigenvalue weighted by Gasteiger charge is -2.48. The van der Waals surface area contributed by atoms with E-state index in [2.05, 4.69) is 9.88 Å². The number of piperazine rings is 1. The van der Waals surface area contributed by atoms with E-state index in [1.54, 1.807) is 30.5 Å². The summed E-state index contributed by atoms with van der Waals surface area (Å²) in [7, 11) is -0.455. The van der Waals surface area contributed by atoms with Crippen molar-refractivity contribution in [1.82, 2.24) is 24.0 Å². The average molecular weight is 540 g/mol. The summed E-state index contributed by atoms with van der Waals surface area (Å²) in [6, 6.07) is 14.5. The number of aromatic nitrogens is 1. The Morgan fingerprint density at radius 3 is 2.00 bits per heavy atom. The van der Waals surface area contributed by atoms with Gasteiger partial charge in [0.05, 0.1) is 4.90 Å².